The Balaban J connectivity index is 2.18. The molecule has 5 heteroatoms. The standard InChI is InChI=1S/C16H26N2O2S/c1-5-12-9-7-8-10-18(12)15-17-13(11-21-15)16(3,4)14(19)20-6-2/h11-12H,5-10H2,1-4H3. The number of thiazole rings is 1. The van der Waals surface area contributed by atoms with Gasteiger partial charge in [-0.1, -0.05) is 6.92 Å². The molecule has 0 aliphatic carbocycles. The Labute approximate surface area is 131 Å². The zero-order chi connectivity index (χ0) is 15.5. The van der Waals surface area contributed by atoms with E-state index < -0.39 is 5.41 Å². The van der Waals surface area contributed by atoms with Gasteiger partial charge in [-0.25, -0.2) is 4.98 Å². The molecule has 2 rings (SSSR count). The van der Waals surface area contributed by atoms with Gasteiger partial charge in [-0.05, 0) is 46.5 Å². The van der Waals surface area contributed by atoms with E-state index in [1.165, 1.54) is 19.3 Å². The second-order valence-electron chi connectivity index (χ2n) is 6.11. The third-order valence-corrected chi connectivity index (χ3v) is 5.14. The summed E-state index contributed by atoms with van der Waals surface area (Å²) in [5, 5.41) is 3.06. The molecule has 4 nitrogen and oxygen atoms in total. The van der Waals surface area contributed by atoms with E-state index in [-0.39, 0.29) is 5.97 Å². The number of piperidine rings is 1. The highest BCUT2D eigenvalue weighted by Crippen LogP contribution is 2.33. The highest BCUT2D eigenvalue weighted by molar-refractivity contribution is 7.13. The maximum Gasteiger partial charge on any atom is 0.317 e. The van der Waals surface area contributed by atoms with E-state index >= 15 is 0 Å². The first-order chi connectivity index (χ1) is 10.0. The van der Waals surface area contributed by atoms with Gasteiger partial charge in [-0.3, -0.25) is 4.79 Å². The predicted octanol–water partition coefficient (Wildman–Crippen LogP) is 3.75. The summed E-state index contributed by atoms with van der Waals surface area (Å²) in [4.78, 5) is 19.3. The fourth-order valence-corrected chi connectivity index (χ4v) is 3.87. The number of anilines is 1. The van der Waals surface area contributed by atoms with Crippen molar-refractivity contribution in [3.63, 3.8) is 0 Å². The van der Waals surface area contributed by atoms with Crippen LogP contribution in [0.15, 0.2) is 5.38 Å². The first kappa shape index (κ1) is 16.3. The maximum atomic E-state index is 12.1. The zero-order valence-electron chi connectivity index (χ0n) is 13.5. The van der Waals surface area contributed by atoms with E-state index in [0.29, 0.717) is 12.6 Å². The van der Waals surface area contributed by atoms with Crippen molar-refractivity contribution in [2.75, 3.05) is 18.1 Å². The molecule has 118 valence electrons. The summed E-state index contributed by atoms with van der Waals surface area (Å²) in [6.45, 7) is 9.32. The van der Waals surface area contributed by atoms with Crippen molar-refractivity contribution in [3.8, 4) is 0 Å². The minimum atomic E-state index is -0.678. The lowest BCUT2D eigenvalue weighted by Gasteiger charge is -2.35. The van der Waals surface area contributed by atoms with Crippen molar-refractivity contribution < 1.29 is 9.53 Å². The number of esters is 1. The Hall–Kier alpha value is -1.10. The Morgan fingerprint density at radius 2 is 2.24 bits per heavy atom. The van der Waals surface area contributed by atoms with Crippen LogP contribution in [0.3, 0.4) is 0 Å². The Bertz CT molecular complexity index is 484. The van der Waals surface area contributed by atoms with Crippen molar-refractivity contribution in [1.82, 2.24) is 4.98 Å². The number of carbonyl (C=O) groups excluding carboxylic acids is 1. The van der Waals surface area contributed by atoms with E-state index in [1.54, 1.807) is 11.3 Å². The summed E-state index contributed by atoms with van der Waals surface area (Å²) >= 11 is 1.64. The lowest BCUT2D eigenvalue weighted by atomic mass is 9.90. The lowest BCUT2D eigenvalue weighted by molar-refractivity contribution is -0.148. The van der Waals surface area contributed by atoms with Crippen LogP contribution in [0.5, 0.6) is 0 Å². The molecule has 21 heavy (non-hydrogen) atoms. The second kappa shape index (κ2) is 6.77. The SMILES string of the molecule is CCOC(=O)C(C)(C)c1csc(N2CCCCC2CC)n1. The van der Waals surface area contributed by atoms with Crippen LogP contribution in [0.25, 0.3) is 0 Å². The molecule has 0 aromatic carbocycles. The Morgan fingerprint density at radius 1 is 1.48 bits per heavy atom. The minimum absolute atomic E-state index is 0.201. The molecule has 1 aliphatic rings. The van der Waals surface area contributed by atoms with Crippen molar-refractivity contribution >= 4 is 22.4 Å². The third kappa shape index (κ3) is 3.39. The summed E-state index contributed by atoms with van der Waals surface area (Å²) in [6, 6.07) is 0.587. The summed E-state index contributed by atoms with van der Waals surface area (Å²) in [7, 11) is 0. The van der Waals surface area contributed by atoms with Gasteiger partial charge >= 0.3 is 5.97 Å². The summed E-state index contributed by atoms with van der Waals surface area (Å²) < 4.78 is 5.17. The topological polar surface area (TPSA) is 42.4 Å². The smallest absolute Gasteiger partial charge is 0.317 e. The third-order valence-electron chi connectivity index (χ3n) is 4.26. The Kier molecular flexibility index (Phi) is 5.25. The number of nitrogens with zero attached hydrogens (tertiary/aromatic N) is 2. The molecule has 1 aromatic rings. The molecule has 0 spiro atoms. The number of hydrogen-bond donors (Lipinski definition) is 0. The first-order valence-electron chi connectivity index (χ1n) is 7.90. The molecule has 1 unspecified atom stereocenters. The molecule has 1 atom stereocenters. The van der Waals surface area contributed by atoms with Gasteiger partial charge in [0.2, 0.25) is 0 Å². The van der Waals surface area contributed by atoms with Crippen molar-refractivity contribution in [3.05, 3.63) is 11.1 Å². The van der Waals surface area contributed by atoms with E-state index in [4.69, 9.17) is 9.72 Å². The van der Waals surface area contributed by atoms with E-state index in [1.807, 2.05) is 26.2 Å². The molecule has 0 radical (unpaired) electrons. The first-order valence-corrected chi connectivity index (χ1v) is 8.78. The monoisotopic (exact) mass is 310 g/mol. The van der Waals surface area contributed by atoms with Crippen LogP contribution >= 0.6 is 11.3 Å². The molecule has 1 saturated heterocycles. The van der Waals surface area contributed by atoms with Crippen molar-refractivity contribution in [2.24, 2.45) is 0 Å². The number of rotatable bonds is 5. The highest BCUT2D eigenvalue weighted by Gasteiger charge is 2.35. The van der Waals surface area contributed by atoms with Gasteiger partial charge in [0.1, 0.15) is 5.41 Å². The molecule has 0 bridgehead atoms. The van der Waals surface area contributed by atoms with Crippen molar-refractivity contribution in [1.29, 1.82) is 0 Å². The molecular formula is C16H26N2O2S. The highest BCUT2D eigenvalue weighted by atomic mass is 32.1. The van der Waals surface area contributed by atoms with Gasteiger partial charge in [-0.2, -0.15) is 0 Å². The molecular weight excluding hydrogens is 284 g/mol. The van der Waals surface area contributed by atoms with Gasteiger partial charge in [0.15, 0.2) is 5.13 Å². The number of hydrogen-bond acceptors (Lipinski definition) is 5. The zero-order valence-corrected chi connectivity index (χ0v) is 14.3. The van der Waals surface area contributed by atoms with Crippen LogP contribution in [-0.2, 0) is 14.9 Å². The summed E-state index contributed by atoms with van der Waals surface area (Å²) in [5.41, 5.74) is 0.142. The van der Waals surface area contributed by atoms with Gasteiger partial charge in [-0.15, -0.1) is 11.3 Å². The molecule has 1 fully saturated rings. The van der Waals surface area contributed by atoms with E-state index in [9.17, 15) is 4.79 Å². The molecule has 0 amide bonds. The molecule has 0 saturated carbocycles. The van der Waals surface area contributed by atoms with Crippen LogP contribution < -0.4 is 4.90 Å². The van der Waals surface area contributed by atoms with Gasteiger partial charge < -0.3 is 9.64 Å². The second-order valence-corrected chi connectivity index (χ2v) is 6.95. The Morgan fingerprint density at radius 3 is 2.90 bits per heavy atom. The maximum absolute atomic E-state index is 12.1. The fraction of sp³-hybridized carbons (Fsp3) is 0.750. The molecule has 2 heterocycles. The molecule has 1 aromatic heterocycles. The molecule has 1 aliphatic heterocycles. The average Bonchev–Trinajstić information content (AvgIpc) is 2.97. The van der Waals surface area contributed by atoms with Gasteiger partial charge in [0.25, 0.3) is 0 Å². The van der Waals surface area contributed by atoms with E-state index in [2.05, 4.69) is 11.8 Å². The quantitative estimate of drug-likeness (QED) is 0.777. The van der Waals surface area contributed by atoms with Gasteiger partial charge in [0.05, 0.1) is 12.3 Å². The summed E-state index contributed by atoms with van der Waals surface area (Å²) in [6.07, 6.45) is 4.93. The van der Waals surface area contributed by atoms with Crippen LogP contribution in [-0.4, -0.2) is 30.1 Å². The summed E-state index contributed by atoms with van der Waals surface area (Å²) in [5.74, 6) is -0.201. The normalized spacial score (nSPS) is 19.6. The number of ether oxygens (including phenoxy) is 1. The van der Waals surface area contributed by atoms with Crippen molar-refractivity contribution in [2.45, 2.75) is 64.8 Å². The van der Waals surface area contributed by atoms with Gasteiger partial charge in [0, 0.05) is 18.0 Å². The van der Waals surface area contributed by atoms with Crippen LogP contribution in [0, 0.1) is 0 Å². The number of aromatic nitrogens is 1. The van der Waals surface area contributed by atoms with Crippen LogP contribution in [0.1, 0.15) is 59.1 Å². The van der Waals surface area contributed by atoms with E-state index in [0.717, 1.165) is 23.8 Å². The lowest BCUT2D eigenvalue weighted by Crippen LogP contribution is -2.39. The molecule has 0 N–H and O–H groups in total. The van der Waals surface area contributed by atoms with Crippen LogP contribution in [0.2, 0.25) is 0 Å². The number of carbonyl (C=O) groups is 1. The fourth-order valence-electron chi connectivity index (χ4n) is 2.78. The average molecular weight is 310 g/mol. The predicted molar refractivity (Wildman–Crippen MR) is 87.0 cm³/mol. The largest absolute Gasteiger partial charge is 0.465 e. The van der Waals surface area contributed by atoms with Crippen LogP contribution in [0.4, 0.5) is 5.13 Å². The minimum Gasteiger partial charge on any atom is -0.465 e.